The normalized spacial score (nSPS) is 13.7. The number of hydrogen-bond acceptors (Lipinski definition) is 7. The Morgan fingerprint density at radius 3 is 1.32 bits per heavy atom. The monoisotopic (exact) mass is 912 g/mol. The fourth-order valence-corrected chi connectivity index (χ4v) is 8.54. The Bertz CT molecular complexity index is 1060. The molecule has 0 aliphatic heterocycles. The summed E-state index contributed by atoms with van der Waals surface area (Å²) >= 11 is 0. The van der Waals surface area contributed by atoms with E-state index in [4.69, 9.17) is 18.5 Å². The van der Waals surface area contributed by atoms with E-state index < -0.39 is 13.9 Å². The van der Waals surface area contributed by atoms with Crippen LogP contribution in [0.2, 0.25) is 0 Å². The molecule has 2 atom stereocenters. The first-order chi connectivity index (χ1) is 30.6. The molecule has 0 spiro atoms. The summed E-state index contributed by atoms with van der Waals surface area (Å²) < 4.78 is 34.8. The van der Waals surface area contributed by atoms with Crippen molar-refractivity contribution in [3.63, 3.8) is 0 Å². The van der Waals surface area contributed by atoms with Gasteiger partial charge in [0.2, 0.25) is 0 Å². The van der Waals surface area contributed by atoms with Crippen molar-refractivity contribution >= 4 is 13.8 Å². The van der Waals surface area contributed by atoms with Gasteiger partial charge in [0, 0.05) is 13.0 Å². The van der Waals surface area contributed by atoms with Crippen LogP contribution < -0.4 is 4.89 Å². The summed E-state index contributed by atoms with van der Waals surface area (Å²) in [6, 6.07) is 0. The number of likely N-dealkylation sites (N-methyl/N-ethyl adjacent to an activating group) is 1. The second-order valence-corrected chi connectivity index (χ2v) is 21.0. The Kier molecular flexibility index (Phi) is 46.7. The van der Waals surface area contributed by atoms with Gasteiger partial charge in [-0.25, -0.2) is 0 Å². The van der Waals surface area contributed by atoms with Crippen molar-refractivity contribution < 1.29 is 37.3 Å². The predicted octanol–water partition coefficient (Wildman–Crippen LogP) is 16.1. The lowest BCUT2D eigenvalue weighted by molar-refractivity contribution is -0.870. The third kappa shape index (κ3) is 51.8. The molecular weight excluding hydrogens is 806 g/mol. The topological polar surface area (TPSA) is 94.1 Å². The zero-order valence-corrected chi connectivity index (χ0v) is 43.4. The zero-order valence-electron chi connectivity index (χ0n) is 42.5. The molecule has 8 nitrogen and oxygen atoms in total. The van der Waals surface area contributed by atoms with Crippen molar-refractivity contribution in [2.75, 3.05) is 54.1 Å². The van der Waals surface area contributed by atoms with Gasteiger partial charge in [0.1, 0.15) is 19.3 Å². The number of hydrogen-bond donors (Lipinski definition) is 0. The first kappa shape index (κ1) is 62.0. The van der Waals surface area contributed by atoms with Gasteiger partial charge < -0.3 is 27.9 Å². The van der Waals surface area contributed by atoms with Gasteiger partial charge in [0.05, 0.1) is 34.4 Å². The lowest BCUT2D eigenvalue weighted by Gasteiger charge is -2.28. The average Bonchev–Trinajstić information content (AvgIpc) is 3.24. The summed E-state index contributed by atoms with van der Waals surface area (Å²) in [5, 5.41) is 0. The molecule has 9 heteroatoms. The maximum absolute atomic E-state index is 12.8. The first-order valence-corrected chi connectivity index (χ1v) is 28.5. The van der Waals surface area contributed by atoms with Crippen LogP contribution in [0.1, 0.15) is 258 Å². The lowest BCUT2D eigenvalue weighted by atomic mass is 10.0. The summed E-state index contributed by atoms with van der Waals surface area (Å²) in [6.45, 7) is 5.44. The third-order valence-corrected chi connectivity index (χ3v) is 13.0. The van der Waals surface area contributed by atoms with E-state index in [1.54, 1.807) is 0 Å². The second kappa shape index (κ2) is 47.5. The van der Waals surface area contributed by atoms with E-state index in [1.165, 1.54) is 199 Å². The number of esters is 1. The SMILES string of the molecule is CCCCC/C=C\C/C=C\CCCCCCCCCCCC(=O)OC(COCCCCCCCCCCCCCCCCCCCCCCCC)COP(=O)([O-])OCC[N+](C)(C)C. The number of ether oxygens (including phenoxy) is 2. The van der Waals surface area contributed by atoms with Gasteiger partial charge in [-0.2, -0.15) is 0 Å². The number of phosphoric acid groups is 1. The number of phosphoric ester groups is 1. The van der Waals surface area contributed by atoms with E-state index in [0.29, 0.717) is 24.1 Å². The van der Waals surface area contributed by atoms with Gasteiger partial charge in [0.15, 0.2) is 0 Å². The molecule has 0 saturated heterocycles. The molecule has 0 rings (SSSR count). The fourth-order valence-electron chi connectivity index (χ4n) is 7.81. The smallest absolute Gasteiger partial charge is 0.306 e. The van der Waals surface area contributed by atoms with Gasteiger partial charge in [-0.15, -0.1) is 0 Å². The van der Waals surface area contributed by atoms with E-state index in [-0.39, 0.29) is 25.8 Å². The van der Waals surface area contributed by atoms with Crippen molar-refractivity contribution in [1.82, 2.24) is 0 Å². The number of rotatable bonds is 51. The highest BCUT2D eigenvalue weighted by molar-refractivity contribution is 7.45. The quantitative estimate of drug-likeness (QED) is 0.0197. The minimum atomic E-state index is -4.53. The van der Waals surface area contributed by atoms with E-state index in [0.717, 1.165) is 38.5 Å². The minimum absolute atomic E-state index is 0.0277. The maximum Gasteiger partial charge on any atom is 0.306 e. The van der Waals surface area contributed by atoms with E-state index in [1.807, 2.05) is 21.1 Å². The first-order valence-electron chi connectivity index (χ1n) is 27.1. The molecule has 374 valence electrons. The minimum Gasteiger partial charge on any atom is -0.756 e. The molecule has 0 aliphatic rings. The van der Waals surface area contributed by atoms with Gasteiger partial charge in [-0.1, -0.05) is 231 Å². The Morgan fingerprint density at radius 2 is 0.873 bits per heavy atom. The van der Waals surface area contributed by atoms with Gasteiger partial charge in [-0.05, 0) is 44.9 Å². The van der Waals surface area contributed by atoms with E-state index in [9.17, 15) is 14.3 Å². The van der Waals surface area contributed by atoms with Crippen LogP contribution >= 0.6 is 7.82 Å². The van der Waals surface area contributed by atoms with Gasteiger partial charge >= 0.3 is 5.97 Å². The Labute approximate surface area is 392 Å². The van der Waals surface area contributed by atoms with E-state index in [2.05, 4.69) is 38.2 Å². The van der Waals surface area contributed by atoms with Crippen LogP contribution in [0, 0.1) is 0 Å². The molecule has 0 aromatic rings. The van der Waals surface area contributed by atoms with Gasteiger partial charge in [-0.3, -0.25) is 9.36 Å². The van der Waals surface area contributed by atoms with Crippen LogP contribution in [0.4, 0.5) is 0 Å². The van der Waals surface area contributed by atoms with Crippen molar-refractivity contribution in [2.24, 2.45) is 0 Å². The van der Waals surface area contributed by atoms with Crippen LogP contribution in [-0.2, 0) is 27.9 Å². The van der Waals surface area contributed by atoms with E-state index >= 15 is 0 Å². The molecule has 0 heterocycles. The zero-order chi connectivity index (χ0) is 46.2. The maximum atomic E-state index is 12.8. The number of unbranched alkanes of at least 4 members (excludes halogenated alkanes) is 33. The Balaban J connectivity index is 4.08. The number of carbonyl (C=O) groups excluding carboxylic acids is 1. The predicted molar refractivity (Wildman–Crippen MR) is 268 cm³/mol. The molecule has 0 aromatic carbocycles. The van der Waals surface area contributed by atoms with Crippen LogP contribution in [-0.4, -0.2) is 70.7 Å². The molecule has 63 heavy (non-hydrogen) atoms. The van der Waals surface area contributed by atoms with Crippen molar-refractivity contribution in [3.05, 3.63) is 24.3 Å². The van der Waals surface area contributed by atoms with Crippen LogP contribution in [0.15, 0.2) is 24.3 Å². The molecule has 0 bridgehead atoms. The molecule has 0 aliphatic carbocycles. The summed E-state index contributed by atoms with van der Waals surface area (Å²) in [5.74, 6) is -0.333. The van der Waals surface area contributed by atoms with Crippen molar-refractivity contribution in [2.45, 2.75) is 264 Å². The Morgan fingerprint density at radius 1 is 0.492 bits per heavy atom. The van der Waals surface area contributed by atoms with Crippen LogP contribution in [0.3, 0.4) is 0 Å². The number of allylic oxidation sites excluding steroid dienone is 4. The molecule has 0 amide bonds. The van der Waals surface area contributed by atoms with Crippen molar-refractivity contribution in [1.29, 1.82) is 0 Å². The largest absolute Gasteiger partial charge is 0.756 e. The average molecular weight is 912 g/mol. The molecule has 2 unspecified atom stereocenters. The standard InChI is InChI=1S/C54H106NO7P/c1-6-8-10-12-14-16-18-20-22-24-26-27-28-30-32-34-36-38-40-42-44-46-49-59-51-53(52-61-63(57,58)60-50-48-55(3,4)5)62-54(56)47-45-43-41-39-37-35-33-31-29-25-23-21-19-17-15-13-11-9-7-2/h15,17,21,23,53H,6-14,16,18-20,22,24-52H2,1-5H3/b17-15-,23-21-. The molecular formula is C54H106NO7P. The molecule has 0 N–H and O–H groups in total. The summed E-state index contributed by atoms with van der Waals surface area (Å²) in [5.41, 5.74) is 0. The van der Waals surface area contributed by atoms with Crippen molar-refractivity contribution in [3.8, 4) is 0 Å². The molecule has 0 aromatic heterocycles. The van der Waals surface area contributed by atoms with Gasteiger partial charge in [0.25, 0.3) is 7.82 Å². The third-order valence-electron chi connectivity index (χ3n) is 12.0. The molecule has 0 fully saturated rings. The number of nitrogens with zero attached hydrogens (tertiary/aromatic N) is 1. The highest BCUT2D eigenvalue weighted by Gasteiger charge is 2.20. The number of carbonyl (C=O) groups is 1. The highest BCUT2D eigenvalue weighted by atomic mass is 31.2. The summed E-state index contributed by atoms with van der Waals surface area (Å²) in [4.78, 5) is 25.2. The molecule has 0 radical (unpaired) electrons. The highest BCUT2D eigenvalue weighted by Crippen LogP contribution is 2.38. The fraction of sp³-hybridized carbons (Fsp3) is 0.907. The molecule has 0 saturated carbocycles. The second-order valence-electron chi connectivity index (χ2n) is 19.6. The van der Waals surface area contributed by atoms with Crippen LogP contribution in [0.25, 0.3) is 0 Å². The number of quaternary nitrogens is 1. The Hall–Kier alpha value is -1.02. The summed E-state index contributed by atoms with van der Waals surface area (Å²) in [7, 11) is 1.37. The lowest BCUT2D eigenvalue weighted by Crippen LogP contribution is -2.37. The van der Waals surface area contributed by atoms with Crippen LogP contribution in [0.5, 0.6) is 0 Å². The summed E-state index contributed by atoms with van der Waals surface area (Å²) in [6.07, 6.45) is 56.3.